The molecule has 166 valence electrons. The second-order valence-corrected chi connectivity index (χ2v) is 11.2. The van der Waals surface area contributed by atoms with Crippen LogP contribution in [-0.4, -0.2) is 50.0 Å². The molecule has 0 bridgehead atoms. The van der Waals surface area contributed by atoms with Gasteiger partial charge in [0.15, 0.2) is 0 Å². The summed E-state index contributed by atoms with van der Waals surface area (Å²) in [6, 6.07) is 8.90. The lowest BCUT2D eigenvalue weighted by atomic mass is 9.90. The third-order valence-corrected chi connectivity index (χ3v) is 9.76. The van der Waals surface area contributed by atoms with Gasteiger partial charge >= 0.3 is 5.97 Å². The van der Waals surface area contributed by atoms with E-state index in [2.05, 4.69) is 5.32 Å². The van der Waals surface area contributed by atoms with Gasteiger partial charge in [0.05, 0.1) is 10.0 Å². The highest BCUT2D eigenvalue weighted by molar-refractivity contribution is 7.90. The third kappa shape index (κ3) is 3.38. The van der Waals surface area contributed by atoms with Gasteiger partial charge in [0.1, 0.15) is 0 Å². The highest BCUT2D eigenvalue weighted by Crippen LogP contribution is 2.52. The molecule has 0 spiro atoms. The van der Waals surface area contributed by atoms with Gasteiger partial charge in [-0.25, -0.2) is 8.42 Å². The molecule has 4 rings (SSSR count). The summed E-state index contributed by atoms with van der Waals surface area (Å²) < 4.78 is 27.0. The molecule has 2 aromatic carbocycles. The molecule has 9 heteroatoms. The van der Waals surface area contributed by atoms with Crippen molar-refractivity contribution < 1.29 is 18.3 Å². The molecule has 0 aromatic heterocycles. The molecule has 1 heterocycles. The Hall–Kier alpha value is -1.64. The number of nitrogens with zero attached hydrogens (tertiary/aromatic N) is 1. The van der Waals surface area contributed by atoms with Crippen molar-refractivity contribution in [3.05, 3.63) is 57.1 Å². The molecule has 2 aromatic rings. The molecule has 1 aliphatic carbocycles. The first-order valence-corrected chi connectivity index (χ1v) is 12.3. The molecule has 1 aliphatic heterocycles. The van der Waals surface area contributed by atoms with Gasteiger partial charge in [0, 0.05) is 26.2 Å². The molecule has 2 N–H and O–H groups in total. The molecule has 2 aliphatic rings. The number of halogens is 2. The number of hydrogen-bond donors (Lipinski definition) is 2. The molecular weight excluding hydrogens is 459 g/mol. The molecule has 0 amide bonds. The lowest BCUT2D eigenvalue weighted by Crippen LogP contribution is -2.57. The Morgan fingerprint density at radius 3 is 2.45 bits per heavy atom. The molecule has 1 fully saturated rings. The quantitative estimate of drug-likeness (QED) is 0.693. The van der Waals surface area contributed by atoms with Crippen molar-refractivity contribution in [1.29, 1.82) is 0 Å². The molecule has 2 unspecified atom stereocenters. The maximum Gasteiger partial charge on any atom is 0.331 e. The minimum Gasteiger partial charge on any atom is -0.480 e. The van der Waals surface area contributed by atoms with Crippen LogP contribution in [0.25, 0.3) is 11.1 Å². The Labute approximate surface area is 192 Å². The highest BCUT2D eigenvalue weighted by Gasteiger charge is 2.62. The monoisotopic (exact) mass is 482 g/mol. The van der Waals surface area contributed by atoms with E-state index in [4.69, 9.17) is 23.2 Å². The number of benzene rings is 2. The lowest BCUT2D eigenvalue weighted by molar-refractivity contribution is -0.141. The number of rotatable bonds is 4. The predicted octanol–water partition coefficient (Wildman–Crippen LogP) is 3.68. The van der Waals surface area contributed by atoms with E-state index in [-0.39, 0.29) is 13.1 Å². The number of carboxylic acid groups (broad SMARTS) is 1. The molecule has 31 heavy (non-hydrogen) atoms. The van der Waals surface area contributed by atoms with Crippen LogP contribution in [0.2, 0.25) is 10.0 Å². The van der Waals surface area contributed by atoms with E-state index in [1.54, 1.807) is 25.1 Å². The van der Waals surface area contributed by atoms with Crippen molar-refractivity contribution >= 4 is 39.2 Å². The van der Waals surface area contributed by atoms with Crippen molar-refractivity contribution in [1.82, 2.24) is 9.62 Å². The Balaban J connectivity index is 1.98. The topological polar surface area (TPSA) is 86.7 Å². The predicted molar refractivity (Wildman–Crippen MR) is 122 cm³/mol. The van der Waals surface area contributed by atoms with E-state index < -0.39 is 26.7 Å². The number of carboxylic acids is 1. The molecule has 0 saturated carbocycles. The summed E-state index contributed by atoms with van der Waals surface area (Å²) in [5.74, 6) is -1.97. The number of aliphatic carboxylic acids is 1. The number of aryl methyl sites for hydroxylation is 1. The summed E-state index contributed by atoms with van der Waals surface area (Å²) in [5, 5.41) is 14.4. The largest absolute Gasteiger partial charge is 0.480 e. The van der Waals surface area contributed by atoms with Crippen molar-refractivity contribution in [3.63, 3.8) is 0 Å². The number of hydrogen-bond acceptors (Lipinski definition) is 4. The van der Waals surface area contributed by atoms with Gasteiger partial charge in [-0.15, -0.1) is 0 Å². The van der Waals surface area contributed by atoms with Crippen LogP contribution in [0.4, 0.5) is 0 Å². The minimum absolute atomic E-state index is 0.255. The fraction of sp³-hybridized carbons (Fsp3) is 0.409. The van der Waals surface area contributed by atoms with Gasteiger partial charge in [0.2, 0.25) is 14.8 Å². The van der Waals surface area contributed by atoms with Gasteiger partial charge in [-0.3, -0.25) is 4.79 Å². The van der Waals surface area contributed by atoms with Crippen LogP contribution in [0.5, 0.6) is 0 Å². The Bertz CT molecular complexity index is 1160. The van der Waals surface area contributed by atoms with Crippen molar-refractivity contribution in [2.45, 2.75) is 25.0 Å². The molecular formula is C22H24Cl2N2O4S. The van der Waals surface area contributed by atoms with Crippen LogP contribution < -0.4 is 5.32 Å². The Morgan fingerprint density at radius 1 is 1.16 bits per heavy atom. The van der Waals surface area contributed by atoms with Gasteiger partial charge in [-0.05, 0) is 53.6 Å². The van der Waals surface area contributed by atoms with Crippen molar-refractivity contribution in [3.8, 4) is 11.1 Å². The van der Waals surface area contributed by atoms with E-state index in [9.17, 15) is 18.3 Å². The van der Waals surface area contributed by atoms with Crippen LogP contribution in [0.15, 0.2) is 30.3 Å². The molecule has 1 saturated heterocycles. The van der Waals surface area contributed by atoms with E-state index in [0.29, 0.717) is 35.1 Å². The van der Waals surface area contributed by atoms with Crippen LogP contribution >= 0.6 is 23.2 Å². The van der Waals surface area contributed by atoms with E-state index in [1.807, 2.05) is 19.1 Å². The third-order valence-electron chi connectivity index (χ3n) is 6.37. The maximum absolute atomic E-state index is 13.9. The maximum atomic E-state index is 13.9. The van der Waals surface area contributed by atoms with Crippen LogP contribution in [0.3, 0.4) is 0 Å². The summed E-state index contributed by atoms with van der Waals surface area (Å²) in [6.45, 7) is 5.06. The van der Waals surface area contributed by atoms with Gasteiger partial charge in [-0.1, -0.05) is 53.9 Å². The summed E-state index contributed by atoms with van der Waals surface area (Å²) in [4.78, 5) is 12.8. The molecule has 6 nitrogen and oxygen atoms in total. The molecule has 2 atom stereocenters. The van der Waals surface area contributed by atoms with E-state index in [0.717, 1.165) is 22.3 Å². The fourth-order valence-corrected chi connectivity index (χ4v) is 7.56. The van der Waals surface area contributed by atoms with E-state index in [1.165, 1.54) is 4.31 Å². The minimum atomic E-state index is -4.17. The number of carbonyl (C=O) groups is 1. The normalized spacial score (nSPS) is 24.2. The van der Waals surface area contributed by atoms with Gasteiger partial charge in [-0.2, -0.15) is 4.31 Å². The standard InChI is InChI=1S/C22H24Cl2N2O4S/c1-13-9-16(15-3-4-19(23)20(24)12-15)17-11-14(2)22(21(27)28,18(17)10-13)31(29,30)26-7-5-25-6-8-26/h3-4,9-10,12,14,25H,5-8,11H2,1-2H3,(H,27,28). The summed E-state index contributed by atoms with van der Waals surface area (Å²) >= 11 is 12.3. The SMILES string of the molecule is Cc1cc(-c2ccc(Cl)c(Cl)c2)c2c(c1)C(C(=O)O)(S(=O)(=O)N1CCNCC1)C(C)C2. The zero-order valence-electron chi connectivity index (χ0n) is 17.3. The fourth-order valence-electron chi connectivity index (χ4n) is 4.92. The number of fused-ring (bicyclic) bond motifs is 1. The summed E-state index contributed by atoms with van der Waals surface area (Å²) in [6.07, 6.45) is 0.336. The van der Waals surface area contributed by atoms with Crippen LogP contribution in [0, 0.1) is 12.8 Å². The van der Waals surface area contributed by atoms with Crippen molar-refractivity contribution in [2.24, 2.45) is 5.92 Å². The van der Waals surface area contributed by atoms with Gasteiger partial charge in [0.25, 0.3) is 0 Å². The van der Waals surface area contributed by atoms with Crippen molar-refractivity contribution in [2.75, 3.05) is 26.2 Å². The first kappa shape index (κ1) is 22.6. The second-order valence-electron chi connectivity index (χ2n) is 8.27. The second kappa shape index (κ2) is 8.05. The Morgan fingerprint density at radius 2 is 1.84 bits per heavy atom. The summed E-state index contributed by atoms with van der Waals surface area (Å²) in [5.41, 5.74) is 3.45. The smallest absolute Gasteiger partial charge is 0.331 e. The number of piperazine rings is 1. The average molecular weight is 483 g/mol. The number of nitrogens with one attached hydrogen (secondary N) is 1. The van der Waals surface area contributed by atoms with Crippen LogP contribution in [-0.2, 0) is 26.0 Å². The van der Waals surface area contributed by atoms with Crippen LogP contribution in [0.1, 0.15) is 23.6 Å². The first-order chi connectivity index (χ1) is 14.6. The Kier molecular flexibility index (Phi) is 5.85. The summed E-state index contributed by atoms with van der Waals surface area (Å²) in [7, 11) is -4.17. The molecule has 0 radical (unpaired) electrons. The van der Waals surface area contributed by atoms with E-state index >= 15 is 0 Å². The highest BCUT2D eigenvalue weighted by atomic mass is 35.5. The zero-order valence-corrected chi connectivity index (χ0v) is 19.6. The lowest BCUT2D eigenvalue weighted by Gasteiger charge is -2.37. The average Bonchev–Trinajstić information content (AvgIpc) is 3.03. The first-order valence-electron chi connectivity index (χ1n) is 10.1. The number of sulfonamides is 1. The zero-order chi connectivity index (χ0) is 22.6. The van der Waals surface area contributed by atoms with Gasteiger partial charge < -0.3 is 10.4 Å².